The molecule has 0 amide bonds. The van der Waals surface area contributed by atoms with E-state index in [1.807, 2.05) is 0 Å². The van der Waals surface area contributed by atoms with Crippen molar-refractivity contribution in [3.8, 4) is 0 Å². The van der Waals surface area contributed by atoms with Crippen molar-refractivity contribution in [1.29, 1.82) is 0 Å². The zero-order chi connectivity index (χ0) is 12.8. The molecular formula is C16H31NO. The highest BCUT2D eigenvalue weighted by Crippen LogP contribution is 2.38. The molecule has 1 N–H and O–H groups in total. The summed E-state index contributed by atoms with van der Waals surface area (Å²) in [6.45, 7) is 5.60. The minimum atomic E-state index is 0.535. The molecule has 3 unspecified atom stereocenters. The Hall–Kier alpha value is -0.0800. The zero-order valence-electron chi connectivity index (χ0n) is 12.3. The highest BCUT2D eigenvalue weighted by Gasteiger charge is 2.40. The summed E-state index contributed by atoms with van der Waals surface area (Å²) < 4.78 is 5.89. The highest BCUT2D eigenvalue weighted by atomic mass is 16.5. The summed E-state index contributed by atoms with van der Waals surface area (Å²) in [5.74, 6) is 0.877. The maximum Gasteiger partial charge on any atom is 0.0757 e. The molecule has 1 saturated heterocycles. The average Bonchev–Trinajstić information content (AvgIpc) is 3.10. The summed E-state index contributed by atoms with van der Waals surface area (Å²) in [6.07, 6.45) is 12.8. The van der Waals surface area contributed by atoms with Gasteiger partial charge in [-0.15, -0.1) is 0 Å². The molecule has 2 fully saturated rings. The maximum atomic E-state index is 5.89. The van der Waals surface area contributed by atoms with Gasteiger partial charge in [0.2, 0.25) is 0 Å². The predicted octanol–water partition coefficient (Wildman–Crippen LogP) is 3.89. The lowest BCUT2D eigenvalue weighted by atomic mass is 10.0. The van der Waals surface area contributed by atoms with Gasteiger partial charge in [0.1, 0.15) is 0 Å². The molecular weight excluding hydrogens is 222 g/mol. The van der Waals surface area contributed by atoms with Crippen molar-refractivity contribution >= 4 is 0 Å². The molecule has 0 spiro atoms. The Balaban J connectivity index is 1.56. The van der Waals surface area contributed by atoms with E-state index in [1.165, 1.54) is 57.8 Å². The Labute approximate surface area is 113 Å². The Morgan fingerprint density at radius 3 is 2.61 bits per heavy atom. The van der Waals surface area contributed by atoms with Gasteiger partial charge in [-0.1, -0.05) is 39.0 Å². The van der Waals surface area contributed by atoms with Crippen molar-refractivity contribution in [2.75, 3.05) is 6.61 Å². The second kappa shape index (κ2) is 7.49. The normalized spacial score (nSPS) is 29.7. The molecule has 2 aliphatic rings. The van der Waals surface area contributed by atoms with Crippen molar-refractivity contribution in [2.45, 2.75) is 89.8 Å². The lowest BCUT2D eigenvalue weighted by Crippen LogP contribution is -2.42. The van der Waals surface area contributed by atoms with E-state index in [1.54, 1.807) is 0 Å². The molecule has 2 rings (SSSR count). The fraction of sp³-hybridized carbons (Fsp3) is 1.00. The van der Waals surface area contributed by atoms with Gasteiger partial charge in [-0.25, -0.2) is 0 Å². The van der Waals surface area contributed by atoms with Gasteiger partial charge in [-0.2, -0.15) is 0 Å². The lowest BCUT2D eigenvalue weighted by molar-refractivity contribution is 0.0790. The third-order valence-corrected chi connectivity index (χ3v) is 4.46. The van der Waals surface area contributed by atoms with Crippen LogP contribution in [0.25, 0.3) is 0 Å². The zero-order valence-corrected chi connectivity index (χ0v) is 12.3. The SMILES string of the molecule is CCCCCCCC(C)NC1CCOC1C1CC1. The van der Waals surface area contributed by atoms with Crippen LogP contribution in [-0.2, 0) is 4.74 Å². The first-order chi connectivity index (χ1) is 8.81. The Morgan fingerprint density at radius 1 is 1.11 bits per heavy atom. The molecule has 106 valence electrons. The summed E-state index contributed by atoms with van der Waals surface area (Å²) in [6, 6.07) is 1.31. The van der Waals surface area contributed by atoms with Crippen LogP contribution in [0.15, 0.2) is 0 Å². The van der Waals surface area contributed by atoms with Crippen LogP contribution in [0.3, 0.4) is 0 Å². The van der Waals surface area contributed by atoms with Crippen LogP contribution in [0.2, 0.25) is 0 Å². The number of nitrogens with one attached hydrogen (secondary N) is 1. The van der Waals surface area contributed by atoms with Gasteiger partial charge < -0.3 is 10.1 Å². The summed E-state index contributed by atoms with van der Waals surface area (Å²) in [7, 11) is 0. The van der Waals surface area contributed by atoms with Crippen LogP contribution >= 0.6 is 0 Å². The standard InChI is InChI=1S/C16H31NO/c1-3-4-5-6-7-8-13(2)17-15-11-12-18-16(15)14-9-10-14/h13-17H,3-12H2,1-2H3. The van der Waals surface area contributed by atoms with Crippen LogP contribution in [0, 0.1) is 5.92 Å². The van der Waals surface area contributed by atoms with E-state index in [9.17, 15) is 0 Å². The molecule has 1 heterocycles. The number of unbranched alkanes of at least 4 members (excludes halogenated alkanes) is 4. The topological polar surface area (TPSA) is 21.3 Å². The number of rotatable bonds is 9. The molecule has 1 aliphatic carbocycles. The third-order valence-electron chi connectivity index (χ3n) is 4.46. The molecule has 3 atom stereocenters. The minimum Gasteiger partial charge on any atom is -0.376 e. The van der Waals surface area contributed by atoms with Crippen molar-refractivity contribution in [3.05, 3.63) is 0 Å². The summed E-state index contributed by atoms with van der Waals surface area (Å²) in [5, 5.41) is 3.82. The van der Waals surface area contributed by atoms with Crippen molar-refractivity contribution in [3.63, 3.8) is 0 Å². The molecule has 0 aromatic carbocycles. The summed E-state index contributed by atoms with van der Waals surface area (Å²) >= 11 is 0. The van der Waals surface area contributed by atoms with Gasteiger partial charge >= 0.3 is 0 Å². The van der Waals surface area contributed by atoms with E-state index in [2.05, 4.69) is 19.2 Å². The Bertz CT molecular complexity index is 227. The first-order valence-corrected chi connectivity index (χ1v) is 8.19. The number of ether oxygens (including phenoxy) is 1. The molecule has 0 aromatic heterocycles. The largest absolute Gasteiger partial charge is 0.376 e. The van der Waals surface area contributed by atoms with E-state index in [0.29, 0.717) is 18.2 Å². The van der Waals surface area contributed by atoms with Gasteiger partial charge in [0, 0.05) is 18.7 Å². The summed E-state index contributed by atoms with van der Waals surface area (Å²) in [4.78, 5) is 0. The van der Waals surface area contributed by atoms with Gasteiger partial charge in [-0.05, 0) is 38.5 Å². The minimum absolute atomic E-state index is 0.535. The van der Waals surface area contributed by atoms with Crippen LogP contribution in [0.5, 0.6) is 0 Å². The average molecular weight is 253 g/mol. The number of hydrogen-bond acceptors (Lipinski definition) is 2. The first-order valence-electron chi connectivity index (χ1n) is 8.19. The van der Waals surface area contributed by atoms with Crippen LogP contribution in [-0.4, -0.2) is 24.8 Å². The van der Waals surface area contributed by atoms with Gasteiger partial charge in [0.15, 0.2) is 0 Å². The third kappa shape index (κ3) is 4.55. The second-order valence-electron chi connectivity index (χ2n) is 6.34. The van der Waals surface area contributed by atoms with Crippen molar-refractivity contribution < 1.29 is 4.74 Å². The maximum absolute atomic E-state index is 5.89. The molecule has 0 aromatic rings. The molecule has 1 aliphatic heterocycles. The van der Waals surface area contributed by atoms with Gasteiger partial charge in [0.25, 0.3) is 0 Å². The van der Waals surface area contributed by atoms with E-state index < -0.39 is 0 Å². The lowest BCUT2D eigenvalue weighted by Gasteiger charge is -2.24. The molecule has 0 radical (unpaired) electrons. The van der Waals surface area contributed by atoms with Crippen LogP contribution in [0.1, 0.15) is 71.6 Å². The molecule has 18 heavy (non-hydrogen) atoms. The first kappa shape index (κ1) is 14.3. The molecule has 2 heteroatoms. The van der Waals surface area contributed by atoms with Crippen molar-refractivity contribution in [2.24, 2.45) is 5.92 Å². The van der Waals surface area contributed by atoms with Crippen LogP contribution < -0.4 is 5.32 Å². The highest BCUT2D eigenvalue weighted by molar-refractivity contribution is 4.94. The van der Waals surface area contributed by atoms with E-state index in [-0.39, 0.29) is 0 Å². The summed E-state index contributed by atoms with van der Waals surface area (Å²) in [5.41, 5.74) is 0. The van der Waals surface area contributed by atoms with Crippen LogP contribution in [0.4, 0.5) is 0 Å². The second-order valence-corrected chi connectivity index (χ2v) is 6.34. The number of hydrogen-bond donors (Lipinski definition) is 1. The predicted molar refractivity (Wildman–Crippen MR) is 76.8 cm³/mol. The Morgan fingerprint density at radius 2 is 1.89 bits per heavy atom. The molecule has 1 saturated carbocycles. The Kier molecular flexibility index (Phi) is 5.97. The van der Waals surface area contributed by atoms with Gasteiger partial charge in [0.05, 0.1) is 6.10 Å². The van der Waals surface area contributed by atoms with E-state index in [4.69, 9.17) is 4.74 Å². The fourth-order valence-electron chi connectivity index (χ4n) is 3.18. The van der Waals surface area contributed by atoms with Crippen molar-refractivity contribution in [1.82, 2.24) is 5.32 Å². The quantitative estimate of drug-likeness (QED) is 0.629. The van der Waals surface area contributed by atoms with Gasteiger partial charge in [-0.3, -0.25) is 0 Å². The van der Waals surface area contributed by atoms with E-state index in [0.717, 1.165) is 12.5 Å². The monoisotopic (exact) mass is 253 g/mol. The molecule has 0 bridgehead atoms. The van der Waals surface area contributed by atoms with E-state index >= 15 is 0 Å². The molecule has 2 nitrogen and oxygen atoms in total. The smallest absolute Gasteiger partial charge is 0.0757 e. The fourth-order valence-corrected chi connectivity index (χ4v) is 3.18.